The Balaban J connectivity index is 1.98. The molecule has 2 aromatic rings. The van der Waals surface area contributed by atoms with E-state index in [2.05, 4.69) is 5.32 Å². The smallest absolute Gasteiger partial charge is 0.133 e. The normalized spacial score (nSPS) is 10.1. The summed E-state index contributed by atoms with van der Waals surface area (Å²) < 4.78 is 26.9. The van der Waals surface area contributed by atoms with E-state index >= 15 is 0 Å². The van der Waals surface area contributed by atoms with E-state index in [0.717, 1.165) is 17.8 Å². The van der Waals surface area contributed by atoms with Gasteiger partial charge in [-0.3, -0.25) is 0 Å². The van der Waals surface area contributed by atoms with E-state index in [0.29, 0.717) is 12.1 Å². The van der Waals surface area contributed by atoms with Gasteiger partial charge in [-0.25, -0.2) is 8.78 Å². The van der Waals surface area contributed by atoms with Crippen LogP contribution in [-0.4, -0.2) is 11.7 Å². The first kappa shape index (κ1) is 13.8. The SMILES string of the molecule is N#Cc1ccc(NCCc2c(F)cc(O)cc2F)cc1. The predicted octanol–water partition coefficient (Wildman–Crippen LogP) is 3.20. The molecule has 0 radical (unpaired) electrons. The number of halogens is 2. The molecule has 2 aromatic carbocycles. The van der Waals surface area contributed by atoms with Gasteiger partial charge in [0.15, 0.2) is 0 Å². The van der Waals surface area contributed by atoms with Crippen molar-refractivity contribution in [1.29, 1.82) is 5.26 Å². The number of anilines is 1. The first-order chi connectivity index (χ1) is 9.60. The molecule has 0 aliphatic carbocycles. The number of aromatic hydroxyl groups is 1. The number of nitrogens with zero attached hydrogens (tertiary/aromatic N) is 1. The zero-order valence-corrected chi connectivity index (χ0v) is 10.5. The Morgan fingerprint density at radius 2 is 1.70 bits per heavy atom. The summed E-state index contributed by atoms with van der Waals surface area (Å²) in [5.41, 5.74) is 1.25. The largest absolute Gasteiger partial charge is 0.508 e. The van der Waals surface area contributed by atoms with Crippen molar-refractivity contribution >= 4 is 5.69 Å². The number of phenolic OH excluding ortho intramolecular Hbond substituents is 1. The summed E-state index contributed by atoms with van der Waals surface area (Å²) in [7, 11) is 0. The zero-order chi connectivity index (χ0) is 14.5. The molecule has 20 heavy (non-hydrogen) atoms. The minimum atomic E-state index is -0.760. The molecule has 0 fully saturated rings. The van der Waals surface area contributed by atoms with Gasteiger partial charge in [0.25, 0.3) is 0 Å². The van der Waals surface area contributed by atoms with Crippen LogP contribution >= 0.6 is 0 Å². The first-order valence-electron chi connectivity index (χ1n) is 6.01. The number of rotatable bonds is 4. The van der Waals surface area contributed by atoms with Crippen molar-refractivity contribution in [2.75, 3.05) is 11.9 Å². The maximum absolute atomic E-state index is 13.5. The van der Waals surface area contributed by atoms with Crippen LogP contribution in [0.1, 0.15) is 11.1 Å². The zero-order valence-electron chi connectivity index (χ0n) is 10.5. The van der Waals surface area contributed by atoms with Crippen molar-refractivity contribution < 1.29 is 13.9 Å². The molecule has 0 aliphatic rings. The third kappa shape index (κ3) is 3.23. The molecule has 5 heteroatoms. The number of benzene rings is 2. The van der Waals surface area contributed by atoms with Gasteiger partial charge >= 0.3 is 0 Å². The Kier molecular flexibility index (Phi) is 4.16. The van der Waals surface area contributed by atoms with Gasteiger partial charge in [-0.05, 0) is 30.7 Å². The summed E-state index contributed by atoms with van der Waals surface area (Å²) >= 11 is 0. The van der Waals surface area contributed by atoms with Gasteiger partial charge in [0.1, 0.15) is 17.4 Å². The topological polar surface area (TPSA) is 56.0 Å². The molecule has 0 spiro atoms. The third-order valence-corrected chi connectivity index (χ3v) is 2.84. The minimum absolute atomic E-state index is 0.0658. The highest BCUT2D eigenvalue weighted by molar-refractivity contribution is 5.47. The molecular formula is C15H12F2N2O. The number of nitrogens with one attached hydrogen (secondary N) is 1. The highest BCUT2D eigenvalue weighted by atomic mass is 19.1. The average molecular weight is 274 g/mol. The lowest BCUT2D eigenvalue weighted by Gasteiger charge is -2.08. The fourth-order valence-corrected chi connectivity index (χ4v) is 1.82. The average Bonchev–Trinajstić information content (AvgIpc) is 2.42. The molecule has 0 heterocycles. The summed E-state index contributed by atoms with van der Waals surface area (Å²) in [5, 5.41) is 20.7. The monoisotopic (exact) mass is 274 g/mol. The minimum Gasteiger partial charge on any atom is -0.508 e. The van der Waals surface area contributed by atoms with Crippen molar-refractivity contribution in [3.05, 3.63) is 59.2 Å². The Labute approximate surface area is 115 Å². The molecular weight excluding hydrogens is 262 g/mol. The van der Waals surface area contributed by atoms with Gasteiger partial charge in [-0.1, -0.05) is 0 Å². The van der Waals surface area contributed by atoms with Crippen molar-refractivity contribution in [3.63, 3.8) is 0 Å². The van der Waals surface area contributed by atoms with Gasteiger partial charge in [0.2, 0.25) is 0 Å². The Morgan fingerprint density at radius 3 is 2.25 bits per heavy atom. The van der Waals surface area contributed by atoms with Crippen molar-refractivity contribution in [2.24, 2.45) is 0 Å². The van der Waals surface area contributed by atoms with Crippen LogP contribution in [0.15, 0.2) is 36.4 Å². The van der Waals surface area contributed by atoms with Gasteiger partial charge in [0.05, 0.1) is 11.6 Å². The highest BCUT2D eigenvalue weighted by Gasteiger charge is 2.10. The summed E-state index contributed by atoms with van der Waals surface area (Å²) in [6.07, 6.45) is 0.151. The fraction of sp³-hybridized carbons (Fsp3) is 0.133. The van der Waals surface area contributed by atoms with Crippen LogP contribution in [0.2, 0.25) is 0 Å². The van der Waals surface area contributed by atoms with Gasteiger partial charge in [-0.2, -0.15) is 5.26 Å². The number of hydrogen-bond acceptors (Lipinski definition) is 3. The third-order valence-electron chi connectivity index (χ3n) is 2.84. The lowest BCUT2D eigenvalue weighted by molar-refractivity contribution is 0.456. The second kappa shape index (κ2) is 6.02. The second-order valence-electron chi connectivity index (χ2n) is 4.25. The molecule has 2 N–H and O–H groups in total. The van der Waals surface area contributed by atoms with E-state index in [1.165, 1.54) is 0 Å². The van der Waals surface area contributed by atoms with Crippen LogP contribution in [0.5, 0.6) is 5.75 Å². The number of nitriles is 1. The molecule has 0 saturated heterocycles. The number of phenols is 1. The molecule has 0 saturated carbocycles. The standard InChI is InChI=1S/C15H12F2N2O/c16-14-7-12(20)8-15(17)13(14)5-6-19-11-3-1-10(9-18)2-4-11/h1-4,7-8,19-20H,5-6H2. The van der Waals surface area contributed by atoms with Gasteiger partial charge in [-0.15, -0.1) is 0 Å². The van der Waals surface area contributed by atoms with Gasteiger partial charge in [0, 0.05) is 29.9 Å². The maximum atomic E-state index is 13.5. The van der Waals surface area contributed by atoms with Crippen LogP contribution in [0.3, 0.4) is 0 Å². The van der Waals surface area contributed by atoms with E-state index in [1.807, 2.05) is 6.07 Å². The lowest BCUT2D eigenvalue weighted by atomic mass is 10.1. The van der Waals surface area contributed by atoms with Crippen LogP contribution in [0, 0.1) is 23.0 Å². The molecule has 2 rings (SSSR count). The molecule has 102 valence electrons. The second-order valence-corrected chi connectivity index (χ2v) is 4.25. The lowest BCUT2D eigenvalue weighted by Crippen LogP contribution is -2.07. The summed E-state index contributed by atoms with van der Waals surface area (Å²) in [5.74, 6) is -1.95. The Hall–Kier alpha value is -2.61. The molecule has 0 amide bonds. The summed E-state index contributed by atoms with van der Waals surface area (Å²) in [4.78, 5) is 0. The molecule has 0 bridgehead atoms. The van der Waals surface area contributed by atoms with Crippen LogP contribution in [0.4, 0.5) is 14.5 Å². The maximum Gasteiger partial charge on any atom is 0.133 e. The number of hydrogen-bond donors (Lipinski definition) is 2. The quantitative estimate of drug-likeness (QED) is 0.900. The van der Waals surface area contributed by atoms with Crippen molar-refractivity contribution in [1.82, 2.24) is 0 Å². The summed E-state index contributed by atoms with van der Waals surface area (Å²) in [6.45, 7) is 0.338. The Morgan fingerprint density at radius 1 is 1.10 bits per heavy atom. The summed E-state index contributed by atoms with van der Waals surface area (Å²) in [6, 6.07) is 10.5. The van der Waals surface area contributed by atoms with Crippen LogP contribution in [-0.2, 0) is 6.42 Å². The molecule has 0 aromatic heterocycles. The van der Waals surface area contributed by atoms with Crippen LogP contribution in [0.25, 0.3) is 0 Å². The predicted molar refractivity (Wildman–Crippen MR) is 71.4 cm³/mol. The molecule has 3 nitrogen and oxygen atoms in total. The fourth-order valence-electron chi connectivity index (χ4n) is 1.82. The highest BCUT2D eigenvalue weighted by Crippen LogP contribution is 2.20. The Bertz CT molecular complexity index is 625. The molecule has 0 atom stereocenters. The van der Waals surface area contributed by atoms with E-state index in [-0.39, 0.29) is 12.0 Å². The van der Waals surface area contributed by atoms with Crippen molar-refractivity contribution in [3.8, 4) is 11.8 Å². The van der Waals surface area contributed by atoms with Crippen molar-refractivity contribution in [2.45, 2.75) is 6.42 Å². The first-order valence-corrected chi connectivity index (χ1v) is 6.01. The van der Waals surface area contributed by atoms with E-state index < -0.39 is 17.4 Å². The van der Waals surface area contributed by atoms with E-state index in [1.54, 1.807) is 24.3 Å². The van der Waals surface area contributed by atoms with Crippen LogP contribution < -0.4 is 5.32 Å². The van der Waals surface area contributed by atoms with Gasteiger partial charge < -0.3 is 10.4 Å². The van der Waals surface area contributed by atoms with E-state index in [4.69, 9.17) is 10.4 Å². The molecule has 0 unspecified atom stereocenters. The molecule has 0 aliphatic heterocycles. The van der Waals surface area contributed by atoms with E-state index in [9.17, 15) is 8.78 Å².